The molecule has 1 amide bonds. The highest BCUT2D eigenvalue weighted by Crippen LogP contribution is 2.40. The Hall–Kier alpha value is -3.46. The van der Waals surface area contributed by atoms with Gasteiger partial charge in [-0.05, 0) is 53.9 Å². The minimum absolute atomic E-state index is 0.0983. The minimum Gasteiger partial charge on any atom is -0.507 e. The van der Waals surface area contributed by atoms with Crippen LogP contribution in [0.4, 0.5) is 0 Å². The molecule has 5 rings (SSSR count). The van der Waals surface area contributed by atoms with Crippen molar-refractivity contribution in [2.45, 2.75) is 19.6 Å². The fourth-order valence-electron chi connectivity index (χ4n) is 5.09. The van der Waals surface area contributed by atoms with Gasteiger partial charge in [-0.1, -0.05) is 58.4 Å². The number of likely N-dealkylation sites (tertiary alicyclic amines) is 1. The second-order valence-corrected chi connectivity index (χ2v) is 10.7. The van der Waals surface area contributed by atoms with Gasteiger partial charge in [-0.25, -0.2) is 0 Å². The molecule has 0 spiro atoms. The predicted octanol–water partition coefficient (Wildman–Crippen LogP) is 5.09. The first-order chi connectivity index (χ1) is 18.9. The largest absolute Gasteiger partial charge is 0.507 e. The normalized spacial score (nSPS) is 19.4. The van der Waals surface area contributed by atoms with E-state index in [4.69, 9.17) is 9.47 Å². The van der Waals surface area contributed by atoms with Crippen LogP contribution in [0.1, 0.15) is 28.3 Å². The van der Waals surface area contributed by atoms with Gasteiger partial charge in [0.25, 0.3) is 11.7 Å². The Morgan fingerprint density at radius 2 is 1.77 bits per heavy atom. The summed E-state index contributed by atoms with van der Waals surface area (Å²) in [4.78, 5) is 30.5. The molecule has 0 saturated carbocycles. The molecule has 0 unspecified atom stereocenters. The summed E-state index contributed by atoms with van der Waals surface area (Å²) in [6.45, 7) is 6.12. The van der Waals surface area contributed by atoms with Crippen LogP contribution in [0.15, 0.2) is 82.8 Å². The summed E-state index contributed by atoms with van der Waals surface area (Å²) in [7, 11) is 0. The third-order valence-electron chi connectivity index (χ3n) is 7.17. The van der Waals surface area contributed by atoms with Crippen molar-refractivity contribution in [1.29, 1.82) is 0 Å². The molecular formula is C31H31BrN2O5. The van der Waals surface area contributed by atoms with Crippen LogP contribution < -0.4 is 4.74 Å². The number of morpholine rings is 1. The Balaban J connectivity index is 1.46. The maximum Gasteiger partial charge on any atom is 0.295 e. The number of hydrogen-bond donors (Lipinski definition) is 1. The SMILES string of the molecule is Cc1cc(OCc2ccccc2)ccc1C(O)=C1C(=O)C(=O)N(CCN2CCOCC2)[C@H]1c1cccc(Br)c1. The minimum atomic E-state index is -0.697. The number of benzene rings is 3. The number of amides is 1. The van der Waals surface area contributed by atoms with Crippen LogP contribution in [0.25, 0.3) is 5.76 Å². The van der Waals surface area contributed by atoms with Crippen LogP contribution in [-0.4, -0.2) is 66.0 Å². The number of rotatable bonds is 8. The lowest BCUT2D eigenvalue weighted by atomic mass is 9.94. The van der Waals surface area contributed by atoms with E-state index in [0.29, 0.717) is 44.2 Å². The van der Waals surface area contributed by atoms with E-state index in [0.717, 1.165) is 34.3 Å². The zero-order valence-corrected chi connectivity index (χ0v) is 23.4. The Bertz CT molecular complexity index is 1380. The molecule has 3 aromatic carbocycles. The molecule has 39 heavy (non-hydrogen) atoms. The quantitative estimate of drug-likeness (QED) is 0.224. The molecule has 7 nitrogen and oxygen atoms in total. The number of Topliss-reactive ketones (excluding diaryl/α,β-unsaturated/α-hetero) is 1. The highest BCUT2D eigenvalue weighted by Gasteiger charge is 2.46. The zero-order chi connectivity index (χ0) is 27.4. The van der Waals surface area contributed by atoms with E-state index in [2.05, 4.69) is 20.8 Å². The fraction of sp³-hybridized carbons (Fsp3) is 0.290. The van der Waals surface area contributed by atoms with E-state index < -0.39 is 17.7 Å². The van der Waals surface area contributed by atoms with Gasteiger partial charge in [0.2, 0.25) is 0 Å². The Labute approximate surface area is 236 Å². The number of ketones is 1. The zero-order valence-electron chi connectivity index (χ0n) is 21.8. The second kappa shape index (κ2) is 12.2. The lowest BCUT2D eigenvalue weighted by molar-refractivity contribution is -0.140. The lowest BCUT2D eigenvalue weighted by Crippen LogP contribution is -2.42. The Morgan fingerprint density at radius 1 is 1.00 bits per heavy atom. The fourth-order valence-corrected chi connectivity index (χ4v) is 5.50. The predicted molar refractivity (Wildman–Crippen MR) is 152 cm³/mol. The smallest absolute Gasteiger partial charge is 0.295 e. The van der Waals surface area contributed by atoms with Crippen LogP contribution in [0, 0.1) is 6.92 Å². The van der Waals surface area contributed by atoms with Gasteiger partial charge in [-0.15, -0.1) is 0 Å². The number of aryl methyl sites for hydroxylation is 1. The third-order valence-corrected chi connectivity index (χ3v) is 7.66. The molecule has 2 aliphatic rings. The van der Waals surface area contributed by atoms with Crippen molar-refractivity contribution in [3.05, 3.63) is 105 Å². The molecule has 0 radical (unpaired) electrons. The number of hydrogen-bond acceptors (Lipinski definition) is 6. The van der Waals surface area contributed by atoms with E-state index >= 15 is 0 Å². The maximum absolute atomic E-state index is 13.4. The van der Waals surface area contributed by atoms with E-state index in [1.807, 2.05) is 67.6 Å². The number of nitrogens with zero attached hydrogens (tertiary/aromatic N) is 2. The van der Waals surface area contributed by atoms with Gasteiger partial charge in [0.1, 0.15) is 18.1 Å². The molecule has 0 aliphatic carbocycles. The van der Waals surface area contributed by atoms with Crippen LogP contribution in [0.5, 0.6) is 5.75 Å². The number of carbonyl (C=O) groups excluding carboxylic acids is 2. The summed E-state index contributed by atoms with van der Waals surface area (Å²) < 4.78 is 12.2. The highest BCUT2D eigenvalue weighted by molar-refractivity contribution is 9.10. The monoisotopic (exact) mass is 590 g/mol. The summed E-state index contributed by atoms with van der Waals surface area (Å²) in [5, 5.41) is 11.5. The number of aliphatic hydroxyl groups excluding tert-OH is 1. The first-order valence-electron chi connectivity index (χ1n) is 13.0. The van der Waals surface area contributed by atoms with Gasteiger partial charge in [0.05, 0.1) is 24.8 Å². The number of aliphatic hydroxyl groups is 1. The summed E-state index contributed by atoms with van der Waals surface area (Å²) in [5.41, 5.74) is 3.14. The molecule has 202 valence electrons. The number of halogens is 1. The molecule has 0 aromatic heterocycles. The second-order valence-electron chi connectivity index (χ2n) is 9.75. The van der Waals surface area contributed by atoms with E-state index in [9.17, 15) is 14.7 Å². The summed E-state index contributed by atoms with van der Waals surface area (Å²) >= 11 is 3.51. The average molecular weight is 592 g/mol. The van der Waals surface area contributed by atoms with Gasteiger partial charge in [-0.2, -0.15) is 0 Å². The number of ether oxygens (including phenoxy) is 2. The standard InChI is InChI=1S/C31H31BrN2O5/c1-21-18-25(39-20-22-6-3-2-4-7-22)10-11-26(21)29(35)27-28(23-8-5-9-24(32)19-23)34(31(37)30(27)36)13-12-33-14-16-38-17-15-33/h2-11,18-19,28,35H,12-17,20H2,1H3/t28-/m0/s1. The molecule has 3 aromatic rings. The van der Waals surface area contributed by atoms with Crippen molar-refractivity contribution in [3.63, 3.8) is 0 Å². The van der Waals surface area contributed by atoms with E-state index in [1.54, 1.807) is 17.0 Å². The Morgan fingerprint density at radius 3 is 2.49 bits per heavy atom. The summed E-state index contributed by atoms with van der Waals surface area (Å²) in [6.07, 6.45) is 0. The average Bonchev–Trinajstić information content (AvgIpc) is 3.21. The molecular weight excluding hydrogens is 560 g/mol. The first kappa shape index (κ1) is 27.1. The van der Waals surface area contributed by atoms with Gasteiger partial charge in [0, 0.05) is 36.2 Å². The lowest BCUT2D eigenvalue weighted by Gasteiger charge is -2.31. The van der Waals surface area contributed by atoms with Crippen molar-refractivity contribution >= 4 is 33.4 Å². The molecule has 8 heteroatoms. The highest BCUT2D eigenvalue weighted by atomic mass is 79.9. The molecule has 2 saturated heterocycles. The van der Waals surface area contributed by atoms with E-state index in [1.165, 1.54) is 0 Å². The molecule has 0 bridgehead atoms. The molecule has 2 fully saturated rings. The van der Waals surface area contributed by atoms with Gasteiger partial charge >= 0.3 is 0 Å². The van der Waals surface area contributed by atoms with Crippen molar-refractivity contribution in [3.8, 4) is 5.75 Å². The van der Waals surface area contributed by atoms with Crippen molar-refractivity contribution in [2.75, 3.05) is 39.4 Å². The molecule has 1 N–H and O–H groups in total. The molecule has 2 aliphatic heterocycles. The van der Waals surface area contributed by atoms with Crippen molar-refractivity contribution < 1.29 is 24.2 Å². The molecule has 2 heterocycles. The van der Waals surface area contributed by atoms with E-state index in [-0.39, 0.29) is 11.3 Å². The third kappa shape index (κ3) is 6.08. The van der Waals surface area contributed by atoms with Crippen molar-refractivity contribution in [2.24, 2.45) is 0 Å². The van der Waals surface area contributed by atoms with Crippen LogP contribution in [0.2, 0.25) is 0 Å². The van der Waals surface area contributed by atoms with Gasteiger partial charge in [0.15, 0.2) is 0 Å². The first-order valence-corrected chi connectivity index (χ1v) is 13.8. The van der Waals surface area contributed by atoms with Crippen LogP contribution in [-0.2, 0) is 20.9 Å². The topological polar surface area (TPSA) is 79.3 Å². The summed E-state index contributed by atoms with van der Waals surface area (Å²) in [5.74, 6) is -0.805. The molecule has 1 atom stereocenters. The van der Waals surface area contributed by atoms with Crippen molar-refractivity contribution in [1.82, 2.24) is 9.80 Å². The van der Waals surface area contributed by atoms with Gasteiger partial charge in [-0.3, -0.25) is 14.5 Å². The number of carbonyl (C=O) groups is 2. The summed E-state index contributed by atoms with van der Waals surface area (Å²) in [6, 6.07) is 22.0. The van der Waals surface area contributed by atoms with Crippen LogP contribution in [0.3, 0.4) is 0 Å². The maximum atomic E-state index is 13.4. The Kier molecular flexibility index (Phi) is 8.45. The van der Waals surface area contributed by atoms with Gasteiger partial charge < -0.3 is 19.5 Å². The van der Waals surface area contributed by atoms with Crippen LogP contribution >= 0.6 is 15.9 Å².